The molecule has 0 amide bonds. The van der Waals surface area contributed by atoms with E-state index in [2.05, 4.69) is 53.6 Å². The summed E-state index contributed by atoms with van der Waals surface area (Å²) in [6.45, 7) is 14.8. The van der Waals surface area contributed by atoms with Crippen LogP contribution >= 0.6 is 0 Å². The van der Waals surface area contributed by atoms with E-state index in [1.54, 1.807) is 0 Å². The van der Waals surface area contributed by atoms with Gasteiger partial charge in [-0.25, -0.2) is 0 Å². The van der Waals surface area contributed by atoms with E-state index >= 15 is 0 Å². The fraction of sp³-hybridized carbons (Fsp3) is 0.786. The molecule has 0 bridgehead atoms. The Kier molecular flexibility index (Phi) is 3.90. The molecule has 0 saturated carbocycles. The molecular formula is C14H26N2O. The van der Waals surface area contributed by atoms with Crippen LogP contribution in [0.4, 0.5) is 0 Å². The van der Waals surface area contributed by atoms with Crippen LogP contribution in [-0.2, 0) is 5.54 Å². The summed E-state index contributed by atoms with van der Waals surface area (Å²) in [5.74, 6) is 0.972. The number of rotatable bonds is 3. The molecule has 0 spiro atoms. The fourth-order valence-electron chi connectivity index (χ4n) is 2.00. The summed E-state index contributed by atoms with van der Waals surface area (Å²) in [6, 6.07) is 0. The third kappa shape index (κ3) is 2.64. The maximum atomic E-state index is 10.4. The van der Waals surface area contributed by atoms with Crippen molar-refractivity contribution >= 4 is 0 Å². The van der Waals surface area contributed by atoms with Crippen molar-refractivity contribution in [2.45, 2.75) is 72.3 Å². The van der Waals surface area contributed by atoms with Gasteiger partial charge in [-0.2, -0.15) is 5.10 Å². The summed E-state index contributed by atoms with van der Waals surface area (Å²) >= 11 is 0. The highest BCUT2D eigenvalue weighted by Gasteiger charge is 2.27. The van der Waals surface area contributed by atoms with Crippen LogP contribution in [0.25, 0.3) is 0 Å². The molecule has 1 aromatic rings. The van der Waals surface area contributed by atoms with Crippen molar-refractivity contribution in [2.75, 3.05) is 0 Å². The average molecular weight is 238 g/mol. The second-order valence-corrected chi connectivity index (χ2v) is 6.17. The molecule has 0 aliphatic carbocycles. The van der Waals surface area contributed by atoms with Crippen LogP contribution in [0, 0.1) is 0 Å². The second-order valence-electron chi connectivity index (χ2n) is 6.17. The topological polar surface area (TPSA) is 38.0 Å². The molecule has 17 heavy (non-hydrogen) atoms. The Morgan fingerprint density at radius 2 is 1.76 bits per heavy atom. The van der Waals surface area contributed by atoms with E-state index in [4.69, 9.17) is 0 Å². The van der Waals surface area contributed by atoms with Crippen LogP contribution < -0.4 is 0 Å². The van der Waals surface area contributed by atoms with Crippen molar-refractivity contribution in [3.05, 3.63) is 11.4 Å². The van der Waals surface area contributed by atoms with Crippen molar-refractivity contribution in [3.8, 4) is 5.75 Å². The summed E-state index contributed by atoms with van der Waals surface area (Å²) in [7, 11) is 0. The third-order valence-corrected chi connectivity index (χ3v) is 3.18. The molecule has 0 aliphatic heterocycles. The summed E-state index contributed by atoms with van der Waals surface area (Å²) in [5, 5.41) is 15.0. The predicted molar refractivity (Wildman–Crippen MR) is 71.7 cm³/mol. The lowest BCUT2D eigenvalue weighted by atomic mass is 10.0. The molecule has 98 valence electrons. The Morgan fingerprint density at radius 3 is 2.06 bits per heavy atom. The van der Waals surface area contributed by atoms with Gasteiger partial charge < -0.3 is 5.11 Å². The number of aromatic hydroxyl groups is 1. The molecule has 0 saturated heterocycles. The number of nitrogens with zero attached hydrogens (tertiary/aromatic N) is 2. The van der Waals surface area contributed by atoms with E-state index in [0.29, 0.717) is 11.7 Å². The molecule has 1 heterocycles. The van der Waals surface area contributed by atoms with E-state index < -0.39 is 0 Å². The minimum absolute atomic E-state index is 0.0944. The van der Waals surface area contributed by atoms with Crippen LogP contribution in [0.5, 0.6) is 5.75 Å². The van der Waals surface area contributed by atoms with Gasteiger partial charge in [0.2, 0.25) is 0 Å². The van der Waals surface area contributed by atoms with E-state index in [0.717, 1.165) is 17.8 Å². The summed E-state index contributed by atoms with van der Waals surface area (Å²) in [4.78, 5) is 0. The van der Waals surface area contributed by atoms with Gasteiger partial charge in [-0.1, -0.05) is 27.7 Å². The zero-order valence-electron chi connectivity index (χ0n) is 12.2. The van der Waals surface area contributed by atoms with Crippen molar-refractivity contribution in [1.29, 1.82) is 0 Å². The molecule has 0 aromatic carbocycles. The van der Waals surface area contributed by atoms with Crippen molar-refractivity contribution in [1.82, 2.24) is 9.78 Å². The van der Waals surface area contributed by atoms with Crippen LogP contribution in [0.2, 0.25) is 0 Å². The first-order valence-corrected chi connectivity index (χ1v) is 6.52. The Balaban J connectivity index is 3.40. The number of aromatic nitrogens is 2. The van der Waals surface area contributed by atoms with Gasteiger partial charge in [0.25, 0.3) is 0 Å². The standard InChI is InChI=1S/C14H26N2O/c1-8-10(4)11-13(17)12(9(2)3)16(15-11)14(5,6)7/h9-10,17H,8H2,1-7H3. The molecule has 1 rings (SSSR count). The largest absolute Gasteiger partial charge is 0.504 e. The Bertz CT molecular complexity index is 386. The molecule has 0 radical (unpaired) electrons. The molecule has 3 nitrogen and oxygen atoms in total. The average Bonchev–Trinajstić information content (AvgIpc) is 2.54. The SMILES string of the molecule is CCC(C)c1nn(C(C)(C)C)c(C(C)C)c1O. The normalized spacial score (nSPS) is 14.4. The van der Waals surface area contributed by atoms with Gasteiger partial charge >= 0.3 is 0 Å². The lowest BCUT2D eigenvalue weighted by Crippen LogP contribution is -2.26. The molecule has 1 unspecified atom stereocenters. The van der Waals surface area contributed by atoms with Gasteiger partial charge in [0.05, 0.1) is 11.2 Å². The summed E-state index contributed by atoms with van der Waals surface area (Å²) in [6.07, 6.45) is 0.992. The zero-order valence-corrected chi connectivity index (χ0v) is 12.2. The molecule has 3 heteroatoms. The van der Waals surface area contributed by atoms with E-state index in [1.807, 2.05) is 4.68 Å². The maximum absolute atomic E-state index is 10.4. The highest BCUT2D eigenvalue weighted by atomic mass is 16.3. The fourth-order valence-corrected chi connectivity index (χ4v) is 2.00. The van der Waals surface area contributed by atoms with E-state index in [1.165, 1.54) is 0 Å². The smallest absolute Gasteiger partial charge is 0.160 e. The highest BCUT2D eigenvalue weighted by molar-refractivity contribution is 5.37. The second kappa shape index (κ2) is 4.71. The Hall–Kier alpha value is -0.990. The Labute approximate surface area is 105 Å². The van der Waals surface area contributed by atoms with Gasteiger partial charge in [0.15, 0.2) is 5.75 Å². The lowest BCUT2D eigenvalue weighted by molar-refractivity contribution is 0.332. The van der Waals surface area contributed by atoms with Crippen molar-refractivity contribution < 1.29 is 5.11 Å². The highest BCUT2D eigenvalue weighted by Crippen LogP contribution is 2.36. The van der Waals surface area contributed by atoms with Crippen LogP contribution in [-0.4, -0.2) is 14.9 Å². The van der Waals surface area contributed by atoms with E-state index in [-0.39, 0.29) is 11.5 Å². The minimum Gasteiger partial charge on any atom is -0.504 e. The van der Waals surface area contributed by atoms with Crippen LogP contribution in [0.1, 0.15) is 78.1 Å². The maximum Gasteiger partial charge on any atom is 0.160 e. The predicted octanol–water partition coefficient (Wildman–Crippen LogP) is 3.98. The quantitative estimate of drug-likeness (QED) is 0.865. The van der Waals surface area contributed by atoms with Crippen LogP contribution in [0.3, 0.4) is 0 Å². The third-order valence-electron chi connectivity index (χ3n) is 3.18. The molecular weight excluding hydrogens is 212 g/mol. The zero-order chi connectivity index (χ0) is 13.4. The van der Waals surface area contributed by atoms with Gasteiger partial charge in [-0.3, -0.25) is 4.68 Å². The first-order chi connectivity index (χ1) is 7.70. The molecule has 0 fully saturated rings. The molecule has 0 aliphatic rings. The Morgan fingerprint density at radius 1 is 1.24 bits per heavy atom. The molecule has 1 N–H and O–H groups in total. The van der Waals surface area contributed by atoms with Crippen molar-refractivity contribution in [2.24, 2.45) is 0 Å². The summed E-state index contributed by atoms with van der Waals surface area (Å²) in [5.41, 5.74) is 1.70. The first-order valence-electron chi connectivity index (χ1n) is 6.52. The van der Waals surface area contributed by atoms with Gasteiger partial charge in [-0.15, -0.1) is 0 Å². The first kappa shape index (κ1) is 14.1. The van der Waals surface area contributed by atoms with Crippen molar-refractivity contribution in [3.63, 3.8) is 0 Å². The van der Waals surface area contributed by atoms with Crippen LogP contribution in [0.15, 0.2) is 0 Å². The molecule has 1 aromatic heterocycles. The summed E-state index contributed by atoms with van der Waals surface area (Å²) < 4.78 is 1.98. The van der Waals surface area contributed by atoms with Gasteiger partial charge in [-0.05, 0) is 33.1 Å². The monoisotopic (exact) mass is 238 g/mol. The minimum atomic E-state index is -0.0944. The number of hydrogen-bond acceptors (Lipinski definition) is 2. The number of hydrogen-bond donors (Lipinski definition) is 1. The van der Waals surface area contributed by atoms with Gasteiger partial charge in [0, 0.05) is 5.92 Å². The van der Waals surface area contributed by atoms with Gasteiger partial charge in [0.1, 0.15) is 5.69 Å². The van der Waals surface area contributed by atoms with E-state index in [9.17, 15) is 5.11 Å². The molecule has 1 atom stereocenters. The lowest BCUT2D eigenvalue weighted by Gasteiger charge is -2.23.